The van der Waals surface area contributed by atoms with Crippen molar-refractivity contribution < 1.29 is 13.2 Å². The summed E-state index contributed by atoms with van der Waals surface area (Å²) in [5.41, 5.74) is 2.73. The molecule has 0 radical (unpaired) electrons. The average Bonchev–Trinajstić information content (AvgIpc) is 3.51. The molecule has 0 unspecified atom stereocenters. The third-order valence-electron chi connectivity index (χ3n) is 5.18. The van der Waals surface area contributed by atoms with E-state index in [1.54, 1.807) is 12.1 Å². The summed E-state index contributed by atoms with van der Waals surface area (Å²) in [6.45, 7) is 4.83. The van der Waals surface area contributed by atoms with Crippen molar-refractivity contribution in [1.29, 1.82) is 0 Å². The van der Waals surface area contributed by atoms with Crippen molar-refractivity contribution in [2.24, 2.45) is 0 Å². The molecule has 1 aliphatic rings. The van der Waals surface area contributed by atoms with Gasteiger partial charge in [0.05, 0.1) is 4.90 Å². The molecule has 0 spiro atoms. The highest BCUT2D eigenvalue weighted by atomic mass is 79.9. The minimum Gasteiger partial charge on any atom is -0.331 e. The Balaban J connectivity index is 1.88. The molecule has 1 aliphatic carbocycles. The number of halogens is 1. The largest absolute Gasteiger partial charge is 0.331 e. The standard InChI is InChI=1S/C22H27BrN2O3S/c1-15(2)17-7-5-16(6-8-17)14-25(19-10-11-19)22(26)18-9-12-20(23)21(13-18)29(27,28)24(3)4/h5-9,12-13,15,19H,10-11,14H2,1-4H3. The van der Waals surface area contributed by atoms with Crippen molar-refractivity contribution in [3.05, 3.63) is 63.6 Å². The van der Waals surface area contributed by atoms with Gasteiger partial charge in [0, 0.05) is 36.7 Å². The van der Waals surface area contributed by atoms with Gasteiger partial charge in [-0.05, 0) is 64.0 Å². The highest BCUT2D eigenvalue weighted by Gasteiger charge is 2.34. The number of rotatable bonds is 7. The first kappa shape index (κ1) is 22.0. The van der Waals surface area contributed by atoms with E-state index in [1.807, 2.05) is 4.90 Å². The molecule has 0 heterocycles. The molecule has 156 valence electrons. The Kier molecular flexibility index (Phi) is 6.51. The fourth-order valence-corrected chi connectivity index (χ4v) is 5.00. The normalized spacial score (nSPS) is 14.4. The number of hydrogen-bond donors (Lipinski definition) is 0. The second-order valence-electron chi connectivity index (χ2n) is 7.99. The zero-order valence-electron chi connectivity index (χ0n) is 17.2. The summed E-state index contributed by atoms with van der Waals surface area (Å²) in [5, 5.41) is 0. The molecule has 2 aromatic rings. The summed E-state index contributed by atoms with van der Waals surface area (Å²) in [7, 11) is -0.691. The van der Waals surface area contributed by atoms with Crippen molar-refractivity contribution in [1.82, 2.24) is 9.21 Å². The Labute approximate surface area is 181 Å². The lowest BCUT2D eigenvalue weighted by molar-refractivity contribution is 0.0729. The Morgan fingerprint density at radius 1 is 1.10 bits per heavy atom. The van der Waals surface area contributed by atoms with E-state index in [0.29, 0.717) is 22.5 Å². The molecule has 0 aliphatic heterocycles. The molecule has 0 atom stereocenters. The van der Waals surface area contributed by atoms with Crippen molar-refractivity contribution in [2.75, 3.05) is 14.1 Å². The summed E-state index contributed by atoms with van der Waals surface area (Å²) in [6, 6.07) is 13.4. The van der Waals surface area contributed by atoms with Crippen LogP contribution < -0.4 is 0 Å². The predicted octanol–water partition coefficient (Wildman–Crippen LogP) is 4.63. The predicted molar refractivity (Wildman–Crippen MR) is 118 cm³/mol. The summed E-state index contributed by atoms with van der Waals surface area (Å²) < 4.78 is 26.8. The van der Waals surface area contributed by atoms with Gasteiger partial charge in [-0.3, -0.25) is 4.79 Å². The Hall–Kier alpha value is -1.70. The SMILES string of the molecule is CC(C)c1ccc(CN(C(=O)c2ccc(Br)c(S(=O)(=O)N(C)C)c2)C2CC2)cc1. The van der Waals surface area contributed by atoms with E-state index in [9.17, 15) is 13.2 Å². The highest BCUT2D eigenvalue weighted by Crippen LogP contribution is 2.32. The van der Waals surface area contributed by atoms with Gasteiger partial charge in [-0.2, -0.15) is 0 Å². The molecule has 0 saturated heterocycles. The van der Waals surface area contributed by atoms with Crippen LogP contribution in [0.5, 0.6) is 0 Å². The molecule has 3 rings (SSSR count). The van der Waals surface area contributed by atoms with Crippen LogP contribution in [0.3, 0.4) is 0 Å². The summed E-state index contributed by atoms with van der Waals surface area (Å²) in [4.78, 5) is 15.2. The minimum atomic E-state index is -3.65. The fraction of sp³-hybridized carbons (Fsp3) is 0.409. The third-order valence-corrected chi connectivity index (χ3v) is 7.99. The van der Waals surface area contributed by atoms with E-state index in [-0.39, 0.29) is 16.8 Å². The van der Waals surface area contributed by atoms with Crippen LogP contribution >= 0.6 is 15.9 Å². The smallest absolute Gasteiger partial charge is 0.254 e. The maximum Gasteiger partial charge on any atom is 0.254 e. The number of benzene rings is 2. The first-order valence-electron chi connectivity index (χ1n) is 9.73. The quantitative estimate of drug-likeness (QED) is 0.582. The van der Waals surface area contributed by atoms with Crippen molar-refractivity contribution >= 4 is 31.9 Å². The highest BCUT2D eigenvalue weighted by molar-refractivity contribution is 9.10. The zero-order chi connectivity index (χ0) is 21.3. The number of nitrogens with zero attached hydrogens (tertiary/aromatic N) is 2. The van der Waals surface area contributed by atoms with Crippen LogP contribution in [-0.4, -0.2) is 43.7 Å². The minimum absolute atomic E-state index is 0.102. The van der Waals surface area contributed by atoms with Crippen LogP contribution in [0.1, 0.15) is 54.1 Å². The van der Waals surface area contributed by atoms with E-state index >= 15 is 0 Å². The number of carbonyl (C=O) groups excluding carboxylic acids is 1. The molecule has 2 aromatic carbocycles. The van der Waals surface area contributed by atoms with Gasteiger partial charge in [0.15, 0.2) is 0 Å². The molecular formula is C22H27BrN2O3S. The number of hydrogen-bond acceptors (Lipinski definition) is 3. The van der Waals surface area contributed by atoms with Crippen molar-refractivity contribution in [3.8, 4) is 0 Å². The fourth-order valence-electron chi connectivity index (χ4n) is 3.15. The molecule has 7 heteroatoms. The molecule has 1 amide bonds. The van der Waals surface area contributed by atoms with Crippen molar-refractivity contribution in [3.63, 3.8) is 0 Å². The first-order chi connectivity index (χ1) is 13.6. The molecule has 0 N–H and O–H groups in total. The van der Waals surface area contributed by atoms with Gasteiger partial charge in [0.25, 0.3) is 5.91 Å². The van der Waals surface area contributed by atoms with Crippen LogP contribution in [-0.2, 0) is 16.6 Å². The van der Waals surface area contributed by atoms with Gasteiger partial charge >= 0.3 is 0 Å². The van der Waals surface area contributed by atoms with Crippen LogP contribution in [0.4, 0.5) is 0 Å². The van der Waals surface area contributed by atoms with Gasteiger partial charge in [0.1, 0.15) is 0 Å². The topological polar surface area (TPSA) is 57.7 Å². The van der Waals surface area contributed by atoms with Crippen LogP contribution in [0.15, 0.2) is 51.8 Å². The molecule has 5 nitrogen and oxygen atoms in total. The van der Waals surface area contributed by atoms with E-state index in [1.165, 1.54) is 25.7 Å². The van der Waals surface area contributed by atoms with Gasteiger partial charge in [-0.25, -0.2) is 12.7 Å². The van der Waals surface area contributed by atoms with Crippen LogP contribution in [0.2, 0.25) is 0 Å². The molecule has 1 fully saturated rings. The molecule has 0 aromatic heterocycles. The van der Waals surface area contributed by atoms with Gasteiger partial charge in [0.2, 0.25) is 10.0 Å². The van der Waals surface area contributed by atoms with E-state index < -0.39 is 10.0 Å². The lowest BCUT2D eigenvalue weighted by Gasteiger charge is -2.23. The van der Waals surface area contributed by atoms with Crippen molar-refractivity contribution in [2.45, 2.75) is 50.1 Å². The average molecular weight is 479 g/mol. The van der Waals surface area contributed by atoms with Crippen LogP contribution in [0.25, 0.3) is 0 Å². The lowest BCUT2D eigenvalue weighted by Crippen LogP contribution is -2.33. The number of sulfonamides is 1. The zero-order valence-corrected chi connectivity index (χ0v) is 19.6. The second kappa shape index (κ2) is 8.58. The second-order valence-corrected chi connectivity index (χ2v) is 11.0. The van der Waals surface area contributed by atoms with Crippen LogP contribution in [0, 0.1) is 0 Å². The van der Waals surface area contributed by atoms with Gasteiger partial charge < -0.3 is 4.90 Å². The maximum absolute atomic E-state index is 13.3. The number of carbonyl (C=O) groups is 1. The molecule has 1 saturated carbocycles. The Bertz CT molecular complexity index is 997. The van der Waals surface area contributed by atoms with Gasteiger partial charge in [-0.1, -0.05) is 38.1 Å². The van der Waals surface area contributed by atoms with E-state index in [0.717, 1.165) is 22.7 Å². The molecule has 29 heavy (non-hydrogen) atoms. The van der Waals surface area contributed by atoms with Gasteiger partial charge in [-0.15, -0.1) is 0 Å². The monoisotopic (exact) mass is 478 g/mol. The maximum atomic E-state index is 13.3. The third kappa shape index (κ3) is 4.90. The molecule has 0 bridgehead atoms. The Morgan fingerprint density at radius 2 is 1.72 bits per heavy atom. The molecular weight excluding hydrogens is 452 g/mol. The summed E-state index contributed by atoms with van der Waals surface area (Å²) >= 11 is 3.30. The number of amides is 1. The van der Waals surface area contributed by atoms with E-state index in [2.05, 4.69) is 54.0 Å². The Morgan fingerprint density at radius 3 is 2.24 bits per heavy atom. The lowest BCUT2D eigenvalue weighted by atomic mass is 10.0. The van der Waals surface area contributed by atoms with E-state index in [4.69, 9.17) is 0 Å². The summed E-state index contributed by atoms with van der Waals surface area (Å²) in [6.07, 6.45) is 1.96. The first-order valence-corrected chi connectivity index (χ1v) is 12.0. The summed E-state index contributed by atoms with van der Waals surface area (Å²) in [5.74, 6) is 0.327.